The summed E-state index contributed by atoms with van der Waals surface area (Å²) in [5.74, 6) is -5.86. The summed E-state index contributed by atoms with van der Waals surface area (Å²) in [4.78, 5) is 137. The molecule has 0 aromatic heterocycles. The molecule has 0 unspecified atom stereocenters. The van der Waals surface area contributed by atoms with Gasteiger partial charge in [0.1, 0.15) is 33.0 Å². The Kier molecular flexibility index (Phi) is 66.2. The third-order valence-corrected chi connectivity index (χ3v) is 11.2. The molecule has 0 amide bonds. The summed E-state index contributed by atoms with van der Waals surface area (Å²) in [5, 5.41) is 15.4. The first-order valence-corrected chi connectivity index (χ1v) is 33.2. The van der Waals surface area contributed by atoms with Crippen LogP contribution in [-0.2, 0) is 115 Å². The Balaban J connectivity index is -0.000000416. The summed E-state index contributed by atoms with van der Waals surface area (Å²) >= 11 is 0. The molecule has 0 fully saturated rings. The molecule has 0 aliphatic heterocycles. The Morgan fingerprint density at radius 1 is 0.381 bits per heavy atom. The smallest absolute Gasteiger partial charge is 0.338 e. The average Bonchev–Trinajstić information content (AvgIpc) is 0.802. The second-order valence-corrected chi connectivity index (χ2v) is 21.8. The molecule has 0 spiro atoms. The van der Waals surface area contributed by atoms with Crippen molar-refractivity contribution in [3.8, 4) is 33.4 Å². The molecule has 614 valence electrons. The molecule has 113 heavy (non-hydrogen) atoms. The molecule has 0 aliphatic rings. The number of esters is 10. The zero-order valence-electron chi connectivity index (χ0n) is 65.6. The van der Waals surface area contributed by atoms with E-state index in [2.05, 4.69) is 191 Å². The van der Waals surface area contributed by atoms with E-state index in [-0.39, 0.29) is 99.8 Å². The monoisotopic (exact) mass is 1570 g/mol. The van der Waals surface area contributed by atoms with Gasteiger partial charge in [-0.1, -0.05) is 204 Å². The van der Waals surface area contributed by atoms with Gasteiger partial charge in [-0.05, 0) is 101 Å². The van der Waals surface area contributed by atoms with Crippen LogP contribution < -0.4 is 0 Å². The number of carboxylic acids is 1. The van der Waals surface area contributed by atoms with E-state index in [1.807, 2.05) is 38.1 Å². The van der Waals surface area contributed by atoms with E-state index >= 15 is 0 Å². The number of rotatable bonds is 28. The van der Waals surface area contributed by atoms with Crippen LogP contribution in [0.15, 0.2) is 255 Å². The van der Waals surface area contributed by atoms with Gasteiger partial charge < -0.3 is 67.1 Å². The first kappa shape index (κ1) is 108. The lowest BCUT2D eigenvalue weighted by atomic mass is 9.95. The van der Waals surface area contributed by atoms with Crippen LogP contribution in [0.25, 0.3) is 33.4 Å². The zero-order chi connectivity index (χ0) is 85.8. The van der Waals surface area contributed by atoms with Crippen molar-refractivity contribution in [1.29, 1.82) is 0 Å². The Bertz CT molecular complexity index is 3600. The predicted molar refractivity (Wildman–Crippen MR) is 424 cm³/mol. The summed E-state index contributed by atoms with van der Waals surface area (Å²) in [5.41, 5.74) is 8.69. The van der Waals surface area contributed by atoms with Crippen molar-refractivity contribution in [2.75, 3.05) is 67.6 Å². The van der Waals surface area contributed by atoms with Gasteiger partial charge in [-0.25, -0.2) is 28.8 Å². The summed E-state index contributed by atoms with van der Waals surface area (Å²) in [7, 11) is 2.69. The second kappa shape index (κ2) is 69.1. The van der Waals surface area contributed by atoms with Crippen molar-refractivity contribution in [1.82, 2.24) is 0 Å². The highest BCUT2D eigenvalue weighted by Gasteiger charge is 2.20. The second-order valence-electron chi connectivity index (χ2n) is 21.8. The molecule has 6 aromatic carbocycles. The molecule has 0 saturated heterocycles. The van der Waals surface area contributed by atoms with Crippen LogP contribution in [0.2, 0.25) is 0 Å². The number of allylic oxidation sites excluding steroid dienone is 2. The molecule has 0 atom stereocenters. The largest absolute Gasteiger partial charge is 0.481 e. The average molecular weight is 1580 g/mol. The van der Waals surface area contributed by atoms with Crippen LogP contribution >= 0.6 is 0 Å². The minimum Gasteiger partial charge on any atom is -0.481 e. The number of aliphatic carboxylic acids is 1. The first-order chi connectivity index (χ1) is 52.9. The molecule has 6 rings (SSSR count). The Morgan fingerprint density at radius 2 is 0.646 bits per heavy atom. The number of carbonyl (C=O) groups excluding carboxylic acids is 11. The fourth-order valence-corrected chi connectivity index (χ4v) is 6.48. The maximum Gasteiger partial charge on any atom is 0.338 e. The number of aliphatic hydroxyl groups excluding tert-OH is 1. The number of carboxylic acid groups (broad SMARTS) is 1. The van der Waals surface area contributed by atoms with Gasteiger partial charge in [0.2, 0.25) is 13.6 Å². The first-order valence-electron chi connectivity index (χ1n) is 33.2. The Morgan fingerprint density at radius 3 is 0.894 bits per heavy atom. The van der Waals surface area contributed by atoms with Gasteiger partial charge in [0.25, 0.3) is 12.4 Å². The maximum absolute atomic E-state index is 12.7. The lowest BCUT2D eigenvalue weighted by Crippen LogP contribution is -2.16. The van der Waals surface area contributed by atoms with Crippen LogP contribution in [0.4, 0.5) is 0 Å². The van der Waals surface area contributed by atoms with E-state index in [1.165, 1.54) is 90.5 Å². The molecule has 2 N–H and O–H groups in total. The van der Waals surface area contributed by atoms with Crippen LogP contribution in [0.3, 0.4) is 0 Å². The quantitative estimate of drug-likeness (QED) is 0.00440. The van der Waals surface area contributed by atoms with E-state index in [0.29, 0.717) is 23.4 Å². The number of ether oxygens (including phenoxy) is 12. The van der Waals surface area contributed by atoms with E-state index in [1.54, 1.807) is 55.5 Å². The van der Waals surface area contributed by atoms with Gasteiger partial charge in [-0.2, -0.15) is 4.89 Å². The molecule has 0 radical (unpaired) electrons. The lowest BCUT2D eigenvalue weighted by molar-refractivity contribution is -0.322. The Labute approximate surface area is 661 Å². The molecule has 0 bridgehead atoms. The third kappa shape index (κ3) is 64.4. The summed E-state index contributed by atoms with van der Waals surface area (Å²) in [6.45, 7) is 38.9. The highest BCUT2D eigenvalue weighted by Crippen LogP contribution is 2.29. The molecule has 0 aliphatic carbocycles. The lowest BCUT2D eigenvalue weighted by Gasteiger charge is -2.13. The molecular weight excluding hydrogens is 1470 g/mol. The third-order valence-electron chi connectivity index (χ3n) is 11.2. The molecule has 28 heteroatoms. The van der Waals surface area contributed by atoms with Gasteiger partial charge in [0.05, 0.1) is 37.5 Å². The normalized spacial score (nSPS) is 8.90. The number of hydrogen-bond acceptors (Lipinski definition) is 27. The van der Waals surface area contributed by atoms with Gasteiger partial charge in [-0.3, -0.25) is 33.7 Å². The van der Waals surface area contributed by atoms with Gasteiger partial charge in [-0.15, -0.1) is 6.58 Å². The standard InChI is InChI=1S/C26H26O8.2C12H10.C8H12O4.2C7H10O4.C4H8O4.C4H8.2C2H4O2.CH4/c1-17(2)23(27)31-13-15-33-25(29)21-11-7-5-9-19(21)20-10-6-8-12-22(20)26(30)34-16-14-32-24(28)18(3)4;2*1-3-7-11(8-4-1)12-9-5-2-6-10-12;1-6(2)12-8(10)4-5-11-7(3)9;2*1-5(2)7(9)11-4-10-6(3)8;1-4(6-2)8-7-3-5;1-4(2)3;1-4-2-3;1-2(3)4;/h5-12H,1,3,13-16H2,2,4H3;2*1-10H;1,4-5H2,2-3H3;2*1,4H2,2-3H3;5H,1,3H2,2H3;1H2,2-3H3;2H,1H3;1H3,(H,3,4);1H4. The van der Waals surface area contributed by atoms with E-state index in [0.717, 1.165) is 6.92 Å². The van der Waals surface area contributed by atoms with Crippen molar-refractivity contribution in [3.05, 3.63) is 267 Å². The molecule has 0 saturated carbocycles. The van der Waals surface area contributed by atoms with E-state index < -0.39 is 72.5 Å². The number of methoxy groups -OCH3 is 2. The fraction of sp³-hybridized carbons (Fsp3) is 0.271. The number of benzene rings is 6. The number of hydrogen-bond donors (Lipinski definition) is 2. The topological polar surface area (TPSA) is 375 Å². The minimum atomic E-state index is -0.833. The van der Waals surface area contributed by atoms with Crippen molar-refractivity contribution >= 4 is 72.1 Å². The fourth-order valence-electron chi connectivity index (χ4n) is 6.48. The van der Waals surface area contributed by atoms with Crippen LogP contribution in [0, 0.1) is 0 Å². The minimum absolute atomic E-state index is 0. The maximum atomic E-state index is 12.7. The molecule has 0 heterocycles. The zero-order valence-corrected chi connectivity index (χ0v) is 65.6. The number of aliphatic hydroxyl groups is 1. The van der Waals surface area contributed by atoms with Crippen LogP contribution in [-0.4, -0.2) is 150 Å². The number of carbonyl (C=O) groups is 12. The van der Waals surface area contributed by atoms with Gasteiger partial charge >= 0.3 is 65.6 Å². The molecule has 6 aromatic rings. The van der Waals surface area contributed by atoms with E-state index in [4.69, 9.17) is 38.7 Å². The highest BCUT2D eigenvalue weighted by molar-refractivity contribution is 6.03. The predicted octanol–water partition coefficient (Wildman–Crippen LogP) is 15.0. The highest BCUT2D eigenvalue weighted by atomic mass is 17.2. The van der Waals surface area contributed by atoms with Crippen molar-refractivity contribution < 1.29 is 134 Å². The SMILES string of the molecule is C.C=C(C)C.C=C(C)C(=O)OCCOC(=O)c1ccccc1-c1ccccc1C(=O)OCCOC(=O)C(=C)C.C=C(C)C(=O)OCOC(C)=O.C=C(C)C(=O)OCOC(C)=O.C=C(C)OC(=O)CCOC(C)=O.C=C(OC)OOCO.CC(=O)O.COC=O.c1ccc(-c2ccccc2)cc1.c1ccc(-c2ccccc2)cc1. The van der Waals surface area contributed by atoms with Gasteiger partial charge in [0, 0.05) is 50.0 Å². The van der Waals surface area contributed by atoms with Crippen molar-refractivity contribution in [2.45, 2.75) is 90.0 Å². The van der Waals surface area contributed by atoms with Crippen LogP contribution in [0.1, 0.15) is 111 Å². The van der Waals surface area contributed by atoms with E-state index in [9.17, 15) is 47.9 Å². The van der Waals surface area contributed by atoms with Crippen molar-refractivity contribution in [3.63, 3.8) is 0 Å². The summed E-state index contributed by atoms with van der Waals surface area (Å²) < 4.78 is 55.2. The molecular formula is C85H106O28. The van der Waals surface area contributed by atoms with Crippen molar-refractivity contribution in [2.24, 2.45) is 0 Å². The Hall–Kier alpha value is -13.3. The van der Waals surface area contributed by atoms with Crippen LogP contribution in [0.5, 0.6) is 0 Å². The van der Waals surface area contributed by atoms with Gasteiger partial charge in [0.15, 0.2) is 6.79 Å². The molecule has 28 nitrogen and oxygen atoms in total. The summed E-state index contributed by atoms with van der Waals surface area (Å²) in [6.07, 6.45) is 0.0619. The summed E-state index contributed by atoms with van der Waals surface area (Å²) in [6, 6.07) is 54.8.